The molecule has 0 heterocycles. The first kappa shape index (κ1) is 24.6. The Balaban J connectivity index is 1.52. The van der Waals surface area contributed by atoms with Crippen LogP contribution in [0.2, 0.25) is 0 Å². The van der Waals surface area contributed by atoms with E-state index in [1.807, 2.05) is 0 Å². The topological polar surface area (TPSA) is 0 Å². The standard InChI is InChI=1S/C33H48/c1-4-10-16-28-22-24-30-18-12-6-2-7-13-19-31-25-23-29(17-11-5-1)27-33(31)21-15-9-3-8-14-20-32(30)26-28/h22-27H,1-21H2. The van der Waals surface area contributed by atoms with Crippen molar-refractivity contribution < 1.29 is 0 Å². The molecule has 0 spiro atoms. The van der Waals surface area contributed by atoms with Crippen LogP contribution >= 0.6 is 0 Å². The van der Waals surface area contributed by atoms with E-state index >= 15 is 0 Å². The van der Waals surface area contributed by atoms with Crippen molar-refractivity contribution in [1.82, 2.24) is 0 Å². The highest BCUT2D eigenvalue weighted by Crippen LogP contribution is 2.24. The molecule has 0 radical (unpaired) electrons. The maximum atomic E-state index is 2.60. The van der Waals surface area contributed by atoms with Gasteiger partial charge in [0, 0.05) is 0 Å². The van der Waals surface area contributed by atoms with Crippen LogP contribution in [0.3, 0.4) is 0 Å². The second-order valence-electron chi connectivity index (χ2n) is 11.0. The Labute approximate surface area is 204 Å². The van der Waals surface area contributed by atoms with E-state index in [0.717, 1.165) is 0 Å². The lowest BCUT2D eigenvalue weighted by molar-refractivity contribution is 0.594. The summed E-state index contributed by atoms with van der Waals surface area (Å²) in [5.74, 6) is 0. The minimum absolute atomic E-state index is 1.28. The van der Waals surface area contributed by atoms with E-state index in [1.54, 1.807) is 33.4 Å². The highest BCUT2D eigenvalue weighted by atomic mass is 14.1. The summed E-state index contributed by atoms with van der Waals surface area (Å²) in [6.07, 6.45) is 28.5. The molecule has 0 heteroatoms. The zero-order chi connectivity index (χ0) is 22.6. The average Bonchev–Trinajstić information content (AvgIpc) is 2.83. The lowest BCUT2D eigenvalue weighted by atomic mass is 9.91. The third kappa shape index (κ3) is 8.31. The summed E-state index contributed by atoms with van der Waals surface area (Å²) in [7, 11) is 0. The number of hydrogen-bond acceptors (Lipinski definition) is 0. The molecule has 0 amide bonds. The van der Waals surface area contributed by atoms with E-state index in [-0.39, 0.29) is 0 Å². The molecule has 0 atom stereocenters. The lowest BCUT2D eigenvalue weighted by Gasteiger charge is -2.15. The second kappa shape index (κ2) is 14.0. The SMILES string of the molecule is c1cc2c3cc1CCCCCCCc1ccc(c(c1)CCCCCCC3)CCCCCCC2. The minimum Gasteiger partial charge on any atom is -0.0588 e. The Morgan fingerprint density at radius 2 is 0.576 bits per heavy atom. The van der Waals surface area contributed by atoms with Gasteiger partial charge in [-0.3, -0.25) is 0 Å². The van der Waals surface area contributed by atoms with Gasteiger partial charge >= 0.3 is 0 Å². The van der Waals surface area contributed by atoms with E-state index in [4.69, 9.17) is 0 Å². The third-order valence-electron chi connectivity index (χ3n) is 8.26. The molecule has 0 fully saturated rings. The zero-order valence-corrected chi connectivity index (χ0v) is 21.3. The first-order valence-corrected chi connectivity index (χ1v) is 14.6. The van der Waals surface area contributed by atoms with Gasteiger partial charge in [-0.1, -0.05) is 94.2 Å². The van der Waals surface area contributed by atoms with E-state index < -0.39 is 0 Å². The van der Waals surface area contributed by atoms with Crippen LogP contribution in [-0.2, 0) is 38.5 Å². The number of hydrogen-bond donors (Lipinski definition) is 0. The molecule has 33 heavy (non-hydrogen) atoms. The van der Waals surface area contributed by atoms with Crippen LogP contribution in [0.1, 0.15) is 130 Å². The summed E-state index contributed by atoms with van der Waals surface area (Å²) in [4.78, 5) is 0. The molecule has 0 saturated carbocycles. The third-order valence-corrected chi connectivity index (χ3v) is 8.26. The van der Waals surface area contributed by atoms with Crippen LogP contribution in [0.4, 0.5) is 0 Å². The number of fused-ring (bicyclic) bond motifs is 8. The molecular formula is C33H48. The first-order chi connectivity index (χ1) is 16.4. The molecule has 2 aromatic carbocycles. The van der Waals surface area contributed by atoms with Gasteiger partial charge in [0.2, 0.25) is 0 Å². The van der Waals surface area contributed by atoms with Crippen molar-refractivity contribution in [3.05, 3.63) is 69.8 Å². The molecule has 2 aromatic rings. The van der Waals surface area contributed by atoms with Gasteiger partial charge in [-0.05, 0) is 110 Å². The lowest BCUT2D eigenvalue weighted by Crippen LogP contribution is -2.00. The Morgan fingerprint density at radius 3 is 0.970 bits per heavy atom. The molecule has 4 rings (SSSR count). The molecular weight excluding hydrogens is 396 g/mol. The van der Waals surface area contributed by atoms with Gasteiger partial charge in [-0.25, -0.2) is 0 Å². The number of aryl methyl sites for hydroxylation is 6. The van der Waals surface area contributed by atoms with Crippen LogP contribution in [0, 0.1) is 0 Å². The van der Waals surface area contributed by atoms with Crippen LogP contribution in [0.15, 0.2) is 36.4 Å². The Morgan fingerprint density at radius 1 is 0.273 bits per heavy atom. The van der Waals surface area contributed by atoms with Crippen LogP contribution < -0.4 is 0 Å². The number of rotatable bonds is 0. The second-order valence-corrected chi connectivity index (χ2v) is 11.0. The van der Waals surface area contributed by atoms with E-state index in [0.29, 0.717) is 0 Å². The summed E-state index contributed by atoms with van der Waals surface area (Å²) >= 11 is 0. The van der Waals surface area contributed by atoms with Crippen molar-refractivity contribution in [2.24, 2.45) is 0 Å². The van der Waals surface area contributed by atoms with Gasteiger partial charge in [0.05, 0.1) is 0 Å². The highest BCUT2D eigenvalue weighted by Gasteiger charge is 2.09. The van der Waals surface area contributed by atoms with Crippen molar-refractivity contribution in [2.45, 2.75) is 135 Å². The molecule has 2 aliphatic carbocycles. The van der Waals surface area contributed by atoms with Crippen LogP contribution in [0.5, 0.6) is 0 Å². The summed E-state index contributed by atoms with van der Waals surface area (Å²) in [5, 5.41) is 0. The van der Waals surface area contributed by atoms with Crippen LogP contribution in [-0.4, -0.2) is 0 Å². The van der Waals surface area contributed by atoms with Crippen molar-refractivity contribution in [3.8, 4) is 0 Å². The Kier molecular flexibility index (Phi) is 10.4. The normalized spacial score (nSPS) is 20.0. The zero-order valence-electron chi connectivity index (χ0n) is 21.3. The van der Waals surface area contributed by atoms with E-state index in [2.05, 4.69) is 36.4 Å². The fourth-order valence-corrected chi connectivity index (χ4v) is 6.13. The van der Waals surface area contributed by atoms with Crippen LogP contribution in [0.25, 0.3) is 0 Å². The molecule has 0 aliphatic heterocycles. The van der Waals surface area contributed by atoms with Gasteiger partial charge in [0.1, 0.15) is 0 Å². The van der Waals surface area contributed by atoms with Crippen molar-refractivity contribution >= 4 is 0 Å². The Hall–Kier alpha value is -1.56. The van der Waals surface area contributed by atoms with Crippen molar-refractivity contribution in [3.63, 3.8) is 0 Å². The predicted octanol–water partition coefficient (Wildman–Crippen LogP) is 9.52. The summed E-state index contributed by atoms with van der Waals surface area (Å²) in [6, 6.07) is 15.1. The van der Waals surface area contributed by atoms with Crippen molar-refractivity contribution in [1.29, 1.82) is 0 Å². The molecule has 2 aliphatic rings. The Bertz CT molecular complexity index is 762. The summed E-state index contributed by atoms with van der Waals surface area (Å²) in [5.41, 5.74) is 9.88. The number of benzene rings is 2. The maximum Gasteiger partial charge on any atom is -0.0276 e. The summed E-state index contributed by atoms with van der Waals surface area (Å²) < 4.78 is 0. The molecule has 0 nitrogen and oxygen atoms in total. The summed E-state index contributed by atoms with van der Waals surface area (Å²) in [6.45, 7) is 0. The molecule has 180 valence electrons. The smallest absolute Gasteiger partial charge is 0.0276 e. The van der Waals surface area contributed by atoms with Gasteiger partial charge in [0.15, 0.2) is 0 Å². The van der Waals surface area contributed by atoms with Gasteiger partial charge in [-0.2, -0.15) is 0 Å². The molecule has 0 saturated heterocycles. The molecule has 0 aromatic heterocycles. The monoisotopic (exact) mass is 444 g/mol. The molecule has 0 unspecified atom stereocenters. The minimum atomic E-state index is 1.28. The quantitative estimate of drug-likeness (QED) is 0.379. The van der Waals surface area contributed by atoms with Crippen molar-refractivity contribution in [2.75, 3.05) is 0 Å². The average molecular weight is 445 g/mol. The fraction of sp³-hybridized carbons (Fsp3) is 0.636. The fourth-order valence-electron chi connectivity index (χ4n) is 6.13. The van der Waals surface area contributed by atoms with E-state index in [9.17, 15) is 0 Å². The predicted molar refractivity (Wildman–Crippen MR) is 144 cm³/mol. The first-order valence-electron chi connectivity index (χ1n) is 14.6. The van der Waals surface area contributed by atoms with Gasteiger partial charge < -0.3 is 0 Å². The largest absolute Gasteiger partial charge is 0.0588 e. The highest BCUT2D eigenvalue weighted by molar-refractivity contribution is 5.33. The van der Waals surface area contributed by atoms with Gasteiger partial charge in [0.25, 0.3) is 0 Å². The van der Waals surface area contributed by atoms with E-state index in [1.165, 1.54) is 135 Å². The molecule has 4 bridgehead atoms. The van der Waals surface area contributed by atoms with Gasteiger partial charge in [-0.15, -0.1) is 0 Å². The molecule has 0 N–H and O–H groups in total. The maximum absolute atomic E-state index is 2.60.